The van der Waals surface area contributed by atoms with Gasteiger partial charge in [0.1, 0.15) is 0 Å². The number of aryl methyl sites for hydroxylation is 1. The minimum absolute atomic E-state index is 0.00688. The van der Waals surface area contributed by atoms with Crippen molar-refractivity contribution in [2.75, 3.05) is 13.1 Å². The Hall–Kier alpha value is -2.29. The van der Waals surface area contributed by atoms with Gasteiger partial charge in [0.05, 0.1) is 28.8 Å². The fraction of sp³-hybridized carbons (Fsp3) is 0.357. The van der Waals surface area contributed by atoms with Crippen LogP contribution in [-0.4, -0.2) is 35.0 Å². The van der Waals surface area contributed by atoms with Crippen molar-refractivity contribution >= 4 is 55.3 Å². The Morgan fingerprint density at radius 1 is 1.11 bits per heavy atom. The molecule has 1 N–H and O–H groups in total. The Morgan fingerprint density at radius 2 is 1.81 bits per heavy atom. The summed E-state index contributed by atoms with van der Waals surface area (Å²) in [6.07, 6.45) is 8.72. The Kier molecular flexibility index (Phi) is 7.70. The molecule has 1 aromatic carbocycles. The number of fused-ring (bicyclic) bond motifs is 2. The van der Waals surface area contributed by atoms with Crippen molar-refractivity contribution in [3.8, 4) is 0 Å². The zero-order chi connectivity index (χ0) is 26.3. The largest absolute Gasteiger partial charge is 0.389 e. The highest BCUT2D eigenvalue weighted by Crippen LogP contribution is 2.45. The van der Waals surface area contributed by atoms with Crippen molar-refractivity contribution in [3.63, 3.8) is 0 Å². The van der Waals surface area contributed by atoms with E-state index in [9.17, 15) is 14.8 Å². The first-order chi connectivity index (χ1) is 17.7. The predicted molar refractivity (Wildman–Crippen MR) is 146 cm³/mol. The molecule has 1 saturated heterocycles. The van der Waals surface area contributed by atoms with E-state index in [0.717, 1.165) is 51.4 Å². The van der Waals surface area contributed by atoms with Gasteiger partial charge in [-0.3, -0.25) is 10.0 Å². The molecule has 0 saturated carbocycles. The summed E-state index contributed by atoms with van der Waals surface area (Å²) in [5, 5.41) is 11.7. The van der Waals surface area contributed by atoms with Gasteiger partial charge in [0.25, 0.3) is 0 Å². The van der Waals surface area contributed by atoms with Crippen LogP contribution in [0.2, 0.25) is 5.02 Å². The van der Waals surface area contributed by atoms with Crippen molar-refractivity contribution in [1.29, 1.82) is 0 Å². The number of likely N-dealkylation sites (tertiary alicyclic amines) is 1. The van der Waals surface area contributed by atoms with E-state index >= 15 is 0 Å². The molecule has 0 bridgehead atoms. The lowest BCUT2D eigenvalue weighted by molar-refractivity contribution is -0.911. The molecule has 1 unspecified atom stereocenters. The molecule has 6 nitrogen and oxygen atoms in total. The van der Waals surface area contributed by atoms with E-state index < -0.39 is 0 Å². The van der Waals surface area contributed by atoms with Crippen LogP contribution in [0.25, 0.3) is 0 Å². The molecule has 2 aliphatic rings. The summed E-state index contributed by atoms with van der Waals surface area (Å²) in [5.74, 6) is 0.287. The molecule has 1 aliphatic carbocycles. The fourth-order valence-electron chi connectivity index (χ4n) is 5.74. The smallest absolute Gasteiger partial charge is 0.342 e. The first-order valence-corrected chi connectivity index (χ1v) is 14.4. The van der Waals surface area contributed by atoms with Gasteiger partial charge in [0.2, 0.25) is 17.8 Å². The maximum Gasteiger partial charge on any atom is 0.389 e. The second-order valence-corrected chi connectivity index (χ2v) is 12.0. The monoisotopic (exact) mass is 647 g/mol. The van der Waals surface area contributed by atoms with Gasteiger partial charge in [-0.05, 0) is 92.3 Å². The number of hydrogen-bond donors (Lipinski definition) is 1. The molecule has 3 heterocycles. The van der Waals surface area contributed by atoms with Crippen LogP contribution in [0.15, 0.2) is 57.9 Å². The first kappa shape index (κ1) is 26.3. The average molecular weight is 650 g/mol. The van der Waals surface area contributed by atoms with E-state index in [0.29, 0.717) is 24.5 Å². The molecule has 5 rings (SSSR count). The lowest BCUT2D eigenvalue weighted by atomic mass is 9.76. The normalized spacial score (nSPS) is 17.6. The Balaban J connectivity index is 1.38. The summed E-state index contributed by atoms with van der Waals surface area (Å²) in [6, 6.07) is 9.78. The van der Waals surface area contributed by atoms with E-state index in [1.165, 1.54) is 27.3 Å². The molecule has 3 aromatic rings. The zero-order valence-electron chi connectivity index (χ0n) is 20.5. The number of pyridine rings is 2. The zero-order valence-corrected chi connectivity index (χ0v) is 24.4. The number of piperidine rings is 1. The predicted octanol–water partition coefficient (Wildman–Crippen LogP) is 5.05. The average Bonchev–Trinajstić information content (AvgIpc) is 3.04. The number of aromatic nitrogens is 2. The van der Waals surface area contributed by atoms with Gasteiger partial charge in [0.15, 0.2) is 12.4 Å². The van der Waals surface area contributed by atoms with Crippen LogP contribution < -0.4 is 9.30 Å². The third kappa shape index (κ3) is 5.33. The third-order valence-corrected chi connectivity index (χ3v) is 9.50. The maximum atomic E-state index is 13.1. The van der Waals surface area contributed by atoms with Crippen LogP contribution in [-0.2, 0) is 24.1 Å². The maximum absolute atomic E-state index is 13.1. The molecule has 0 radical (unpaired) electrons. The summed E-state index contributed by atoms with van der Waals surface area (Å²) in [6.45, 7) is 2.84. The molecule has 1 aliphatic heterocycles. The SMILES string of the molecule is CC(=O)[n+]1ccc(CC(=O)N2CCC(C3c4ccc(Cl)c(Br)c4CCc4cc(Br)c[n+](O)c43)CC2)cc1. The molecule has 1 atom stereocenters. The first-order valence-electron chi connectivity index (χ1n) is 12.4. The minimum atomic E-state index is -0.0625. The van der Waals surface area contributed by atoms with Crippen LogP contribution in [0.5, 0.6) is 0 Å². The minimum Gasteiger partial charge on any atom is -0.342 e. The molecule has 2 aromatic heterocycles. The quantitative estimate of drug-likeness (QED) is 0.319. The molecule has 37 heavy (non-hydrogen) atoms. The van der Waals surface area contributed by atoms with E-state index in [-0.39, 0.29) is 23.7 Å². The Labute approximate surface area is 238 Å². The summed E-state index contributed by atoms with van der Waals surface area (Å²) in [5.41, 5.74) is 5.31. The second kappa shape index (κ2) is 10.8. The van der Waals surface area contributed by atoms with Gasteiger partial charge in [0, 0.05) is 40.0 Å². The van der Waals surface area contributed by atoms with Crippen LogP contribution in [0.3, 0.4) is 0 Å². The van der Waals surface area contributed by atoms with E-state index in [2.05, 4.69) is 44.0 Å². The van der Waals surface area contributed by atoms with Gasteiger partial charge >= 0.3 is 5.91 Å². The second-order valence-electron chi connectivity index (χ2n) is 9.85. The molecular weight excluding hydrogens is 622 g/mol. The van der Waals surface area contributed by atoms with Gasteiger partial charge in [-0.2, -0.15) is 0 Å². The van der Waals surface area contributed by atoms with Crippen LogP contribution in [0, 0.1) is 5.92 Å². The van der Waals surface area contributed by atoms with Crippen molar-refractivity contribution in [2.24, 2.45) is 5.92 Å². The number of benzene rings is 1. The van der Waals surface area contributed by atoms with Gasteiger partial charge in [-0.1, -0.05) is 17.7 Å². The third-order valence-electron chi connectivity index (χ3n) is 7.62. The summed E-state index contributed by atoms with van der Waals surface area (Å²) < 4.78 is 4.54. The Bertz CT molecular complexity index is 1370. The van der Waals surface area contributed by atoms with Gasteiger partial charge < -0.3 is 4.90 Å². The molecular formula is C28H28Br2ClN3O3+2. The highest BCUT2D eigenvalue weighted by Gasteiger charge is 2.40. The Morgan fingerprint density at radius 3 is 2.49 bits per heavy atom. The molecule has 9 heteroatoms. The molecule has 0 spiro atoms. The van der Waals surface area contributed by atoms with Gasteiger partial charge in [-0.25, -0.2) is 4.79 Å². The highest BCUT2D eigenvalue weighted by atomic mass is 79.9. The summed E-state index contributed by atoms with van der Waals surface area (Å²) in [4.78, 5) is 26.5. The number of amides is 1. The van der Waals surface area contributed by atoms with Crippen molar-refractivity contribution < 1.29 is 24.1 Å². The number of hydrogen-bond acceptors (Lipinski definition) is 3. The topological polar surface area (TPSA) is 65.4 Å². The van der Waals surface area contributed by atoms with Crippen LogP contribution in [0.4, 0.5) is 0 Å². The molecule has 1 fully saturated rings. The standard InChI is InChI=1S/C28H28Br2ClN3O3/c1-17(35)32-10-6-18(7-11-32)14-25(36)33-12-8-19(9-13-33)26-22-4-5-24(31)27(30)23(22)3-2-20-15-21(29)16-34(37)28(20)26/h4-7,10-11,15-16,19,26,37H,2-3,8-9,12-14H2,1H3/q+2. The lowest BCUT2D eigenvalue weighted by Crippen LogP contribution is -2.44. The number of halogens is 3. The van der Waals surface area contributed by atoms with E-state index in [1.54, 1.807) is 18.6 Å². The summed E-state index contributed by atoms with van der Waals surface area (Å²) >= 11 is 13.7. The summed E-state index contributed by atoms with van der Waals surface area (Å²) in [7, 11) is 0. The van der Waals surface area contributed by atoms with Crippen molar-refractivity contribution in [2.45, 2.75) is 44.9 Å². The highest BCUT2D eigenvalue weighted by molar-refractivity contribution is 9.10. The number of nitrogens with zero attached hydrogens (tertiary/aromatic N) is 3. The van der Waals surface area contributed by atoms with E-state index in [4.69, 9.17) is 11.6 Å². The van der Waals surface area contributed by atoms with Crippen molar-refractivity contribution in [3.05, 3.63) is 90.8 Å². The number of carbonyl (C=O) groups excluding carboxylic acids is 2. The number of rotatable bonds is 3. The number of carbonyl (C=O) groups is 2. The molecule has 192 valence electrons. The van der Waals surface area contributed by atoms with Crippen LogP contribution >= 0.6 is 43.5 Å². The van der Waals surface area contributed by atoms with Gasteiger partial charge in [-0.15, -0.1) is 4.57 Å². The van der Waals surface area contributed by atoms with Crippen molar-refractivity contribution in [1.82, 2.24) is 4.90 Å². The lowest BCUT2D eigenvalue weighted by Gasteiger charge is -2.35. The fourth-order valence-corrected chi connectivity index (χ4v) is 6.95. The van der Waals surface area contributed by atoms with E-state index in [1.807, 2.05) is 23.1 Å². The van der Waals surface area contributed by atoms with Crippen LogP contribution in [0.1, 0.15) is 58.4 Å². The molecule has 1 amide bonds.